The Hall–Kier alpha value is -3.49. The molecule has 3 aromatic rings. The molecule has 194 valence electrons. The third kappa shape index (κ3) is 5.31. The highest BCUT2D eigenvalue weighted by atomic mass is 35.5. The predicted octanol–water partition coefficient (Wildman–Crippen LogP) is 4.17. The first-order chi connectivity index (χ1) is 17.8. The minimum atomic E-state index is -0.676. The highest BCUT2D eigenvalue weighted by molar-refractivity contribution is 6.33. The number of carbonyl (C=O) groups is 1. The van der Waals surface area contributed by atoms with E-state index in [0.29, 0.717) is 55.2 Å². The number of nitrogens with two attached hydrogens (primary N) is 1. The number of nitrogens with one attached hydrogen (secondary N) is 2. The minimum Gasteiger partial charge on any atom is -0.393 e. The van der Waals surface area contributed by atoms with Gasteiger partial charge in [0.15, 0.2) is 5.65 Å². The molecule has 0 spiro atoms. The van der Waals surface area contributed by atoms with E-state index in [2.05, 4.69) is 20.6 Å². The monoisotopic (exact) mass is 526 g/mol. The highest BCUT2D eigenvalue weighted by Gasteiger charge is 2.30. The summed E-state index contributed by atoms with van der Waals surface area (Å²) in [7, 11) is 0. The van der Waals surface area contributed by atoms with E-state index in [1.807, 2.05) is 10.6 Å². The summed E-state index contributed by atoms with van der Waals surface area (Å²) in [6, 6.07) is 4.38. The van der Waals surface area contributed by atoms with Crippen LogP contribution in [0, 0.1) is 23.1 Å². The predicted molar refractivity (Wildman–Crippen MR) is 137 cm³/mol. The molecular formula is C25H28ClFN8O2. The van der Waals surface area contributed by atoms with Crippen molar-refractivity contribution < 1.29 is 14.3 Å². The fourth-order valence-corrected chi connectivity index (χ4v) is 5.61. The van der Waals surface area contributed by atoms with Crippen molar-refractivity contribution in [3.63, 3.8) is 0 Å². The summed E-state index contributed by atoms with van der Waals surface area (Å²) >= 11 is 6.30. The van der Waals surface area contributed by atoms with Gasteiger partial charge in [0, 0.05) is 18.0 Å². The molecule has 0 radical (unpaired) electrons. The molecule has 10 nitrogen and oxygen atoms in total. The van der Waals surface area contributed by atoms with Gasteiger partial charge in [-0.25, -0.2) is 14.4 Å². The summed E-state index contributed by atoms with van der Waals surface area (Å²) < 4.78 is 16.8. The number of anilines is 3. The van der Waals surface area contributed by atoms with E-state index in [1.165, 1.54) is 6.07 Å². The van der Waals surface area contributed by atoms with Crippen LogP contribution in [-0.2, 0) is 4.79 Å². The molecule has 37 heavy (non-hydrogen) atoms. The number of carbonyl (C=O) groups excluding carboxylic acids is 1. The standard InChI is InChI=1S/C25H28ClFN8O2/c26-18-8-13(11-28)9-19(27)21(18)33-25-32-20-12-30-24(31-15-2-1-3-17(36)10-15)34-23(20)35(25)16-6-4-14(5-7-16)22(29)37/h8-9,12,14-17,36H,1-7,10H2,(H2,29,37)(H,32,33)(H,30,31,34)/t14?,15?,16?,17-/m0/s1. The van der Waals surface area contributed by atoms with Gasteiger partial charge in [-0.05, 0) is 63.5 Å². The van der Waals surface area contributed by atoms with E-state index in [9.17, 15) is 14.3 Å². The van der Waals surface area contributed by atoms with Crippen molar-refractivity contribution in [2.75, 3.05) is 10.6 Å². The molecule has 0 saturated heterocycles. The molecule has 2 heterocycles. The molecule has 1 unspecified atom stereocenters. The molecule has 2 fully saturated rings. The van der Waals surface area contributed by atoms with E-state index < -0.39 is 5.82 Å². The second-order valence-electron chi connectivity index (χ2n) is 9.83. The largest absolute Gasteiger partial charge is 0.393 e. The van der Waals surface area contributed by atoms with Crippen LogP contribution in [0.3, 0.4) is 0 Å². The second kappa shape index (κ2) is 10.5. The molecule has 0 bridgehead atoms. The van der Waals surface area contributed by atoms with Crippen molar-refractivity contribution in [2.45, 2.75) is 69.6 Å². The molecule has 2 saturated carbocycles. The molecule has 1 aromatic carbocycles. The SMILES string of the molecule is N#Cc1cc(F)c(Nc2nc3cnc(NC4CCC[C@H](O)C4)nc3n2C2CCC(C(N)=O)CC2)c(Cl)c1. The minimum absolute atomic E-state index is 0.00513. The summed E-state index contributed by atoms with van der Waals surface area (Å²) in [4.78, 5) is 25.5. The molecule has 5 rings (SSSR count). The van der Waals surface area contributed by atoms with Gasteiger partial charge in [0.2, 0.25) is 17.8 Å². The van der Waals surface area contributed by atoms with Gasteiger partial charge in [0.1, 0.15) is 11.3 Å². The van der Waals surface area contributed by atoms with Crippen LogP contribution < -0.4 is 16.4 Å². The van der Waals surface area contributed by atoms with Crippen LogP contribution in [0.1, 0.15) is 63.0 Å². The van der Waals surface area contributed by atoms with Crippen molar-refractivity contribution in [3.8, 4) is 6.07 Å². The third-order valence-corrected chi connectivity index (χ3v) is 7.58. The Bertz CT molecular complexity index is 1340. The quantitative estimate of drug-likeness (QED) is 0.373. The molecule has 12 heteroatoms. The summed E-state index contributed by atoms with van der Waals surface area (Å²) in [5, 5.41) is 25.5. The van der Waals surface area contributed by atoms with Crippen LogP contribution in [0.15, 0.2) is 18.3 Å². The molecular weight excluding hydrogens is 499 g/mol. The van der Waals surface area contributed by atoms with Gasteiger partial charge in [0.05, 0.1) is 34.6 Å². The van der Waals surface area contributed by atoms with Gasteiger partial charge < -0.3 is 21.5 Å². The Morgan fingerprint density at radius 1 is 1.22 bits per heavy atom. The number of primary amides is 1. The number of nitriles is 1. The van der Waals surface area contributed by atoms with E-state index >= 15 is 0 Å². The van der Waals surface area contributed by atoms with Gasteiger partial charge in [-0.2, -0.15) is 10.2 Å². The van der Waals surface area contributed by atoms with Crippen molar-refractivity contribution in [2.24, 2.45) is 11.7 Å². The van der Waals surface area contributed by atoms with Crippen molar-refractivity contribution in [3.05, 3.63) is 34.7 Å². The first-order valence-electron chi connectivity index (χ1n) is 12.5. The van der Waals surface area contributed by atoms with Gasteiger partial charge in [-0.1, -0.05) is 11.6 Å². The number of hydrogen-bond acceptors (Lipinski definition) is 8. The Labute approximate surface area is 218 Å². The lowest BCUT2D eigenvalue weighted by Gasteiger charge is -2.29. The Balaban J connectivity index is 1.52. The van der Waals surface area contributed by atoms with Crippen LogP contribution in [0.4, 0.5) is 22.0 Å². The highest BCUT2D eigenvalue weighted by Crippen LogP contribution is 2.38. The van der Waals surface area contributed by atoms with Crippen molar-refractivity contribution in [1.82, 2.24) is 19.5 Å². The lowest BCUT2D eigenvalue weighted by atomic mass is 9.85. The van der Waals surface area contributed by atoms with Gasteiger partial charge in [-0.15, -0.1) is 0 Å². The first kappa shape index (κ1) is 25.2. The van der Waals surface area contributed by atoms with Gasteiger partial charge >= 0.3 is 0 Å². The third-order valence-electron chi connectivity index (χ3n) is 7.28. The fourth-order valence-electron chi connectivity index (χ4n) is 5.36. The molecule has 0 aliphatic heterocycles. The second-order valence-corrected chi connectivity index (χ2v) is 10.2. The van der Waals surface area contributed by atoms with E-state index in [0.717, 1.165) is 25.3 Å². The maximum absolute atomic E-state index is 14.9. The Morgan fingerprint density at radius 3 is 2.68 bits per heavy atom. The number of amides is 1. The van der Waals surface area contributed by atoms with Crippen LogP contribution in [-0.4, -0.2) is 42.7 Å². The summed E-state index contributed by atoms with van der Waals surface area (Å²) in [6.07, 6.45) is 7.11. The first-order valence-corrected chi connectivity index (χ1v) is 12.8. The van der Waals surface area contributed by atoms with Crippen molar-refractivity contribution >= 4 is 46.3 Å². The number of fused-ring (bicyclic) bond motifs is 1. The van der Waals surface area contributed by atoms with E-state index in [4.69, 9.17) is 27.6 Å². The number of aliphatic hydroxyl groups excluding tert-OH is 1. The van der Waals surface area contributed by atoms with E-state index in [1.54, 1.807) is 6.20 Å². The topological polar surface area (TPSA) is 155 Å². The molecule has 1 amide bonds. The molecule has 2 aliphatic carbocycles. The fraction of sp³-hybridized carbons (Fsp3) is 0.480. The summed E-state index contributed by atoms with van der Waals surface area (Å²) in [5.41, 5.74) is 6.72. The van der Waals surface area contributed by atoms with E-state index in [-0.39, 0.29) is 46.3 Å². The average molecular weight is 527 g/mol. The van der Waals surface area contributed by atoms with Crippen LogP contribution in [0.25, 0.3) is 11.2 Å². The number of aromatic nitrogens is 4. The summed E-state index contributed by atoms with van der Waals surface area (Å²) in [5.74, 6) is -0.403. The zero-order valence-electron chi connectivity index (χ0n) is 20.1. The number of rotatable bonds is 6. The number of hydrogen-bond donors (Lipinski definition) is 4. The van der Waals surface area contributed by atoms with Gasteiger partial charge in [-0.3, -0.25) is 9.36 Å². The molecule has 2 aliphatic rings. The number of halogens is 2. The number of aliphatic hydroxyl groups is 1. The Kier molecular flexibility index (Phi) is 7.13. The number of imidazole rings is 1. The maximum Gasteiger partial charge on any atom is 0.224 e. The molecule has 5 N–H and O–H groups in total. The summed E-state index contributed by atoms with van der Waals surface area (Å²) in [6.45, 7) is 0. The smallest absolute Gasteiger partial charge is 0.224 e. The Morgan fingerprint density at radius 2 is 2.00 bits per heavy atom. The zero-order chi connectivity index (χ0) is 26.1. The lowest BCUT2D eigenvalue weighted by Crippen LogP contribution is -2.30. The van der Waals surface area contributed by atoms with Crippen LogP contribution in [0.2, 0.25) is 5.02 Å². The molecule has 2 aromatic heterocycles. The molecule has 2 atom stereocenters. The lowest BCUT2D eigenvalue weighted by molar-refractivity contribution is -0.122. The van der Waals surface area contributed by atoms with Crippen LogP contribution >= 0.6 is 11.6 Å². The van der Waals surface area contributed by atoms with Crippen LogP contribution in [0.5, 0.6) is 0 Å². The van der Waals surface area contributed by atoms with Crippen molar-refractivity contribution in [1.29, 1.82) is 5.26 Å². The number of benzene rings is 1. The average Bonchev–Trinajstić information content (AvgIpc) is 3.23. The number of nitrogens with zero attached hydrogens (tertiary/aromatic N) is 5. The normalized spacial score (nSPS) is 23.9. The van der Waals surface area contributed by atoms with Gasteiger partial charge in [0.25, 0.3) is 0 Å². The maximum atomic E-state index is 14.9. The zero-order valence-corrected chi connectivity index (χ0v) is 20.9.